The molecule has 0 saturated heterocycles. The molecular formula is C52H78BaO6S2. The Bertz CT molecular complexity index is 1900. The molecule has 4 aromatic rings. The van der Waals surface area contributed by atoms with Crippen molar-refractivity contribution >= 4 is 90.7 Å². The molecule has 0 bridgehead atoms. The van der Waals surface area contributed by atoms with Gasteiger partial charge in [0.2, 0.25) is 0 Å². The Morgan fingerprint density at radius 2 is 0.557 bits per heavy atom. The van der Waals surface area contributed by atoms with E-state index in [9.17, 15) is 25.9 Å². The largest absolute Gasteiger partial charge is 2.00 e. The Kier molecular flexibility index (Phi) is 29.0. The van der Waals surface area contributed by atoms with E-state index in [1.165, 1.54) is 152 Å². The summed E-state index contributed by atoms with van der Waals surface area (Å²) in [5, 5.41) is 4.12. The average Bonchev–Trinajstić information content (AvgIpc) is 3.23. The van der Waals surface area contributed by atoms with Crippen LogP contribution in [0.2, 0.25) is 0 Å². The number of aryl methyl sites for hydroxylation is 4. The van der Waals surface area contributed by atoms with Gasteiger partial charge in [0.1, 0.15) is 20.2 Å². The number of benzene rings is 4. The third kappa shape index (κ3) is 21.1. The summed E-state index contributed by atoms with van der Waals surface area (Å²) in [7, 11) is -8.88. The van der Waals surface area contributed by atoms with Crippen LogP contribution in [0.3, 0.4) is 0 Å². The smallest absolute Gasteiger partial charge is 0.744 e. The molecule has 4 aromatic carbocycles. The van der Waals surface area contributed by atoms with Gasteiger partial charge in [-0.3, -0.25) is 0 Å². The maximum atomic E-state index is 11.6. The molecule has 0 radical (unpaired) electrons. The molecule has 6 nitrogen and oxygen atoms in total. The zero-order valence-electron chi connectivity index (χ0n) is 38.5. The van der Waals surface area contributed by atoms with Crippen LogP contribution >= 0.6 is 0 Å². The van der Waals surface area contributed by atoms with Crippen LogP contribution in [-0.4, -0.2) is 74.8 Å². The Balaban J connectivity index is 0.000000413. The fourth-order valence-corrected chi connectivity index (χ4v) is 9.46. The van der Waals surface area contributed by atoms with Crippen molar-refractivity contribution in [2.24, 2.45) is 0 Å². The third-order valence-electron chi connectivity index (χ3n) is 12.1. The van der Waals surface area contributed by atoms with E-state index < -0.39 is 20.2 Å². The van der Waals surface area contributed by atoms with Gasteiger partial charge < -0.3 is 9.11 Å². The summed E-state index contributed by atoms with van der Waals surface area (Å²) < 4.78 is 69.5. The maximum Gasteiger partial charge on any atom is 2.00 e. The number of hydrogen-bond acceptors (Lipinski definition) is 6. The first kappa shape index (κ1) is 55.9. The fraction of sp³-hybridized carbons (Fsp3) is 0.615. The molecule has 0 unspecified atom stereocenters. The van der Waals surface area contributed by atoms with E-state index in [0.29, 0.717) is 0 Å². The summed E-state index contributed by atoms with van der Waals surface area (Å²) in [5.41, 5.74) is 4.86. The number of fused-ring (bicyclic) bond motifs is 2. The molecule has 0 N–H and O–H groups in total. The first-order chi connectivity index (χ1) is 28.9. The Hall–Kier alpha value is -1.21. The van der Waals surface area contributed by atoms with Gasteiger partial charge in [-0.05, 0) is 119 Å². The molecule has 0 spiro atoms. The monoisotopic (exact) mass is 1000 g/mol. The molecule has 0 aliphatic carbocycles. The molecule has 0 atom stereocenters. The Morgan fingerprint density at radius 3 is 0.803 bits per heavy atom. The fourth-order valence-electron chi connectivity index (χ4n) is 8.47. The minimum atomic E-state index is -4.44. The molecular weight excluding hydrogens is 922 g/mol. The molecule has 9 heteroatoms. The van der Waals surface area contributed by atoms with E-state index >= 15 is 0 Å². The van der Waals surface area contributed by atoms with E-state index in [1.807, 2.05) is 12.1 Å². The second kappa shape index (κ2) is 31.6. The molecule has 0 fully saturated rings. The summed E-state index contributed by atoms with van der Waals surface area (Å²) in [6.07, 6.45) is 33.7. The van der Waals surface area contributed by atoms with Crippen molar-refractivity contribution in [3.63, 3.8) is 0 Å². The van der Waals surface area contributed by atoms with Crippen molar-refractivity contribution in [3.8, 4) is 0 Å². The van der Waals surface area contributed by atoms with Gasteiger partial charge in [0.05, 0.1) is 9.79 Å². The molecule has 4 rings (SSSR count). The predicted molar refractivity (Wildman–Crippen MR) is 258 cm³/mol. The summed E-state index contributed by atoms with van der Waals surface area (Å²) >= 11 is 0. The van der Waals surface area contributed by atoms with Gasteiger partial charge in [-0.15, -0.1) is 0 Å². The van der Waals surface area contributed by atoms with E-state index in [4.69, 9.17) is 0 Å². The second-order valence-corrected chi connectivity index (χ2v) is 19.9. The van der Waals surface area contributed by atoms with Crippen molar-refractivity contribution in [1.82, 2.24) is 0 Å². The van der Waals surface area contributed by atoms with E-state index in [0.717, 1.165) is 84.0 Å². The van der Waals surface area contributed by atoms with Gasteiger partial charge in [0.25, 0.3) is 0 Å². The van der Waals surface area contributed by atoms with Gasteiger partial charge in [-0.1, -0.05) is 193 Å². The average molecular weight is 1000 g/mol. The molecule has 0 aliphatic rings. The first-order valence-electron chi connectivity index (χ1n) is 23.9. The molecule has 0 heterocycles. The summed E-state index contributed by atoms with van der Waals surface area (Å²) in [6.45, 7) is 8.91. The van der Waals surface area contributed by atoms with Crippen LogP contribution in [0.25, 0.3) is 21.5 Å². The molecule has 0 saturated carbocycles. The normalized spacial score (nSPS) is 11.8. The number of rotatable bonds is 30. The van der Waals surface area contributed by atoms with Gasteiger partial charge in [0.15, 0.2) is 0 Å². The van der Waals surface area contributed by atoms with E-state index in [-0.39, 0.29) is 58.7 Å². The van der Waals surface area contributed by atoms with E-state index in [1.54, 1.807) is 12.1 Å². The molecule has 0 aliphatic heterocycles. The second-order valence-electron chi connectivity index (χ2n) is 17.2. The van der Waals surface area contributed by atoms with Crippen LogP contribution in [0.15, 0.2) is 70.5 Å². The first-order valence-corrected chi connectivity index (χ1v) is 26.8. The van der Waals surface area contributed by atoms with E-state index in [2.05, 4.69) is 52.0 Å². The standard InChI is InChI=1S/2C26H40O3S.Ba/c2*1-3-5-7-9-11-13-15-22-17-18-23(16-14-12-10-8-6-4-2)26-21-24(30(27,28)29)19-20-25(22)26;/h2*17-21H,3-16H2,1-2H3,(H,27,28,29);/q;;+2/p-2. The molecule has 61 heavy (non-hydrogen) atoms. The zero-order valence-corrected chi connectivity index (χ0v) is 44.6. The third-order valence-corrected chi connectivity index (χ3v) is 13.8. The van der Waals surface area contributed by atoms with Gasteiger partial charge >= 0.3 is 48.9 Å². The summed E-state index contributed by atoms with van der Waals surface area (Å²) in [6, 6.07) is 18.6. The van der Waals surface area contributed by atoms with Crippen molar-refractivity contribution < 1.29 is 25.9 Å². The summed E-state index contributed by atoms with van der Waals surface area (Å²) in [4.78, 5) is -0.230. The SMILES string of the molecule is CCCCCCCCc1ccc(CCCCCCCC)c2cc(S(=O)(=O)[O-])ccc12.CCCCCCCCc1ccc(CCCCCCCC)c2cc(S(=O)(=O)[O-])ccc12.[Ba+2]. The van der Waals surface area contributed by atoms with Crippen LogP contribution < -0.4 is 0 Å². The van der Waals surface area contributed by atoms with Crippen LogP contribution in [-0.2, 0) is 45.9 Å². The zero-order chi connectivity index (χ0) is 43.6. The minimum absolute atomic E-state index is 0. The van der Waals surface area contributed by atoms with Crippen molar-refractivity contribution in [1.29, 1.82) is 0 Å². The van der Waals surface area contributed by atoms with Crippen molar-refractivity contribution in [2.45, 2.75) is 217 Å². The van der Waals surface area contributed by atoms with Gasteiger partial charge in [-0.2, -0.15) is 0 Å². The van der Waals surface area contributed by atoms with Crippen LogP contribution in [0, 0.1) is 0 Å². The molecule has 0 amide bonds. The van der Waals surface area contributed by atoms with Crippen molar-refractivity contribution in [3.05, 3.63) is 82.9 Å². The van der Waals surface area contributed by atoms with Gasteiger partial charge in [0, 0.05) is 0 Å². The Morgan fingerprint density at radius 1 is 0.328 bits per heavy atom. The molecule has 0 aromatic heterocycles. The maximum absolute atomic E-state index is 11.6. The van der Waals surface area contributed by atoms with Crippen LogP contribution in [0.1, 0.15) is 204 Å². The topological polar surface area (TPSA) is 114 Å². The van der Waals surface area contributed by atoms with Gasteiger partial charge in [-0.25, -0.2) is 16.8 Å². The predicted octanol–water partition coefficient (Wildman–Crippen LogP) is 14.7. The van der Waals surface area contributed by atoms with Crippen molar-refractivity contribution in [2.75, 3.05) is 0 Å². The van der Waals surface area contributed by atoms with Crippen LogP contribution in [0.5, 0.6) is 0 Å². The minimum Gasteiger partial charge on any atom is -0.744 e. The quantitative estimate of drug-likeness (QED) is 0.0292. The molecule has 336 valence electrons. The number of hydrogen-bond donors (Lipinski definition) is 0. The van der Waals surface area contributed by atoms with Crippen LogP contribution in [0.4, 0.5) is 0 Å². The number of unbranched alkanes of at least 4 members (excludes halogenated alkanes) is 20. The Labute approximate surface area is 412 Å². The summed E-state index contributed by atoms with van der Waals surface area (Å²) in [5.74, 6) is 0.